The first-order valence-corrected chi connectivity index (χ1v) is 23.2. The van der Waals surface area contributed by atoms with Crippen molar-refractivity contribution in [1.82, 2.24) is 0 Å². The maximum absolute atomic E-state index is 10.7. The van der Waals surface area contributed by atoms with Crippen molar-refractivity contribution in [2.45, 2.75) is 0 Å². The Hall–Kier alpha value is -2.56. The second-order valence-electron chi connectivity index (χ2n) is 10.1. The molecule has 4 aromatic rings. The summed E-state index contributed by atoms with van der Waals surface area (Å²) in [6.07, 6.45) is 3.87. The van der Waals surface area contributed by atoms with Crippen LogP contribution in [0.1, 0.15) is 0 Å². The second kappa shape index (κ2) is 15.9. The summed E-state index contributed by atoms with van der Waals surface area (Å²) in [6.45, 7) is 0. The predicted molar refractivity (Wildman–Crippen MR) is 165 cm³/mol. The largest absolute Gasteiger partial charge is 3.00 e. The number of halogens is 30. The molecule has 2 heterocycles. The number of nitrogens with one attached hydrogen (secondary N) is 2. The van der Waals surface area contributed by atoms with Crippen LogP contribution in [0.3, 0.4) is 0 Å². The number of aromatic nitrogens is 2. The van der Waals surface area contributed by atoms with Gasteiger partial charge in [-0.25, -0.2) is 9.97 Å². The van der Waals surface area contributed by atoms with Crippen molar-refractivity contribution < 1.29 is 156 Å². The first-order chi connectivity index (χ1) is 24.2. The van der Waals surface area contributed by atoms with E-state index in [9.17, 15) is 126 Å². The second-order valence-corrected chi connectivity index (χ2v) is 19.7. The average molecular weight is 1230 g/mol. The number of benzene rings is 2. The molecular formula is C22H20F30IrN2P5. The van der Waals surface area contributed by atoms with Crippen LogP contribution in [0.5, 0.6) is 0 Å². The van der Waals surface area contributed by atoms with Gasteiger partial charge in [0, 0.05) is 35.4 Å². The molecule has 4 rings (SSSR count). The standard InChI is InChI=1S/2C11H9N.5F6P.Ir/c2*1-2-6-10(7-3-1)11-8-4-5-9-12-11;5*1-7(2,3,4,5)6;/h2*1-9H;;;;;;/q;;5*-1;+3/p+2. The summed E-state index contributed by atoms with van der Waals surface area (Å²) >= 11 is 0. The van der Waals surface area contributed by atoms with Gasteiger partial charge in [0.1, 0.15) is 0 Å². The molecule has 362 valence electrons. The molecule has 2 nitrogen and oxygen atoms in total. The van der Waals surface area contributed by atoms with E-state index < -0.39 is 39.0 Å². The number of aromatic amines is 2. The minimum Gasteiger partial charge on any atom is -0.211 e. The topological polar surface area (TPSA) is 28.3 Å². The number of pyridine rings is 2. The van der Waals surface area contributed by atoms with Crippen molar-refractivity contribution >= 4 is 39.0 Å². The number of hydrogen-bond acceptors (Lipinski definition) is 0. The molecule has 0 unspecified atom stereocenters. The van der Waals surface area contributed by atoms with E-state index >= 15 is 0 Å². The van der Waals surface area contributed by atoms with Gasteiger partial charge in [-0.05, 0) is 36.4 Å². The molecule has 0 aliphatic heterocycles. The molecule has 0 atom stereocenters. The summed E-state index contributed by atoms with van der Waals surface area (Å²) in [7, 11) is -53.3. The van der Waals surface area contributed by atoms with E-state index in [1.54, 1.807) is 0 Å². The SMILES string of the molecule is F[P-](F)(F)(F)(F)F.F[P-](F)(F)(F)(F)F.F[P-](F)(F)(F)(F)F.F[P-](F)(F)(F)(F)F.F[P-](F)(F)(F)(F)F.[Ir+3].c1ccc(-c2cccc[nH+]2)cc1.c1ccc(-c2cccc[nH+]2)cc1. The molecule has 2 aromatic heterocycles. The van der Waals surface area contributed by atoms with E-state index in [0.29, 0.717) is 0 Å². The maximum Gasteiger partial charge on any atom is 3.00 e. The average Bonchev–Trinajstić information content (AvgIpc) is 2.87. The minimum atomic E-state index is -10.7. The summed E-state index contributed by atoms with van der Waals surface area (Å²) in [5.74, 6) is 0. The normalized spacial score (nSPS) is 17.4. The number of H-pyrrole nitrogens is 2. The van der Waals surface area contributed by atoms with Crippen molar-refractivity contribution in [3.8, 4) is 22.5 Å². The molecule has 0 saturated carbocycles. The van der Waals surface area contributed by atoms with Gasteiger partial charge in [0.2, 0.25) is 11.4 Å². The van der Waals surface area contributed by atoms with E-state index in [0.717, 1.165) is 11.4 Å². The predicted octanol–water partition coefficient (Wildman–Crippen LogP) is 21.2. The molecule has 0 aliphatic rings. The summed E-state index contributed by atoms with van der Waals surface area (Å²) in [4.78, 5) is 6.37. The van der Waals surface area contributed by atoms with Crippen molar-refractivity contribution in [2.75, 3.05) is 0 Å². The van der Waals surface area contributed by atoms with Gasteiger partial charge in [0.15, 0.2) is 12.4 Å². The monoisotopic (exact) mass is 1230 g/mol. The van der Waals surface area contributed by atoms with E-state index in [4.69, 9.17) is 0 Å². The van der Waals surface area contributed by atoms with Crippen LogP contribution in [0.25, 0.3) is 22.5 Å². The van der Waals surface area contributed by atoms with Crippen LogP contribution >= 0.6 is 39.0 Å². The molecule has 2 N–H and O–H groups in total. The van der Waals surface area contributed by atoms with Gasteiger partial charge < -0.3 is 0 Å². The maximum atomic E-state index is 9.87. The quantitative estimate of drug-likeness (QED) is 0.141. The number of rotatable bonds is 2. The van der Waals surface area contributed by atoms with Gasteiger partial charge in [0.05, 0.1) is 0 Å². The summed E-state index contributed by atoms with van der Waals surface area (Å²) in [5.41, 5.74) is 4.74. The van der Waals surface area contributed by atoms with Gasteiger partial charge in [0.25, 0.3) is 0 Å². The Morgan fingerprint density at radius 2 is 0.383 bits per heavy atom. The molecule has 60 heavy (non-hydrogen) atoms. The van der Waals surface area contributed by atoms with Crippen LogP contribution in [-0.4, -0.2) is 0 Å². The van der Waals surface area contributed by atoms with E-state index in [-0.39, 0.29) is 20.1 Å². The third-order valence-electron chi connectivity index (χ3n) is 3.59. The van der Waals surface area contributed by atoms with Crippen molar-refractivity contribution in [3.05, 3.63) is 109 Å². The minimum absolute atomic E-state index is 0. The van der Waals surface area contributed by atoms with Crippen LogP contribution in [0.4, 0.5) is 126 Å². The summed E-state index contributed by atoms with van der Waals surface area (Å²) in [5, 5.41) is 0. The molecule has 2 aromatic carbocycles. The Morgan fingerprint density at radius 1 is 0.233 bits per heavy atom. The van der Waals surface area contributed by atoms with Crippen LogP contribution in [0.2, 0.25) is 0 Å². The first kappa shape index (κ1) is 64.1. The van der Waals surface area contributed by atoms with E-state index in [2.05, 4.69) is 46.4 Å². The van der Waals surface area contributed by atoms with Gasteiger partial charge in [-0.1, -0.05) is 36.4 Å². The summed E-state index contributed by atoms with van der Waals surface area (Å²) < 4.78 is 296. The third-order valence-corrected chi connectivity index (χ3v) is 3.59. The van der Waals surface area contributed by atoms with E-state index in [1.165, 1.54) is 11.1 Å². The molecular weight excluding hydrogens is 1210 g/mol. The molecule has 0 aliphatic carbocycles. The van der Waals surface area contributed by atoms with Crippen LogP contribution in [-0.2, 0) is 20.1 Å². The fraction of sp³-hybridized carbons (Fsp3) is 0. The van der Waals surface area contributed by atoms with Gasteiger partial charge in [-0.15, -0.1) is 0 Å². The zero-order valence-corrected chi connectivity index (χ0v) is 34.2. The Balaban J connectivity index is -0.000000310. The smallest absolute Gasteiger partial charge is 0.211 e. The first-order valence-electron chi connectivity index (χ1n) is 13.0. The molecule has 0 bridgehead atoms. The van der Waals surface area contributed by atoms with E-state index in [1.807, 2.05) is 73.1 Å². The molecule has 0 spiro atoms. The van der Waals surface area contributed by atoms with Crippen LogP contribution < -0.4 is 9.97 Å². The fourth-order valence-corrected chi connectivity index (χ4v) is 2.38. The van der Waals surface area contributed by atoms with Crippen molar-refractivity contribution in [1.29, 1.82) is 0 Å². The molecule has 0 radical (unpaired) electrons. The van der Waals surface area contributed by atoms with Crippen LogP contribution in [0.15, 0.2) is 109 Å². The molecule has 38 heteroatoms. The van der Waals surface area contributed by atoms with Gasteiger partial charge in [-0.3, -0.25) is 0 Å². The van der Waals surface area contributed by atoms with Crippen LogP contribution in [0, 0.1) is 0 Å². The molecule has 0 amide bonds. The fourth-order valence-electron chi connectivity index (χ4n) is 2.38. The van der Waals surface area contributed by atoms with Crippen molar-refractivity contribution in [2.24, 2.45) is 0 Å². The third kappa shape index (κ3) is 117. The molecule has 0 saturated heterocycles. The Morgan fingerprint density at radius 3 is 0.517 bits per heavy atom. The zero-order valence-electron chi connectivity index (χ0n) is 27.3. The Bertz CT molecular complexity index is 1530. The Kier molecular flexibility index (Phi) is 17.0. The Labute approximate surface area is 326 Å². The van der Waals surface area contributed by atoms with Gasteiger partial charge >= 0.3 is 185 Å². The van der Waals surface area contributed by atoms with Crippen molar-refractivity contribution in [3.63, 3.8) is 0 Å². The van der Waals surface area contributed by atoms with Gasteiger partial charge in [-0.2, -0.15) is 0 Å². The number of hydrogen-bond donors (Lipinski definition) is 0. The summed E-state index contributed by atoms with van der Waals surface area (Å²) in [6, 6.07) is 32.7. The molecule has 0 fully saturated rings. The zero-order chi connectivity index (χ0) is 48.5.